The molecule has 0 spiro atoms. The lowest BCUT2D eigenvalue weighted by molar-refractivity contribution is -0.117. The number of rotatable bonds is 10. The SMILES string of the molecule is C=CC(=O)NCCOP(=O)(O)OCCNC(=O)C=C. The molecule has 0 saturated carbocycles. The van der Waals surface area contributed by atoms with Crippen molar-refractivity contribution in [2.75, 3.05) is 26.3 Å². The quantitative estimate of drug-likeness (QED) is 0.290. The molecule has 0 unspecified atom stereocenters. The summed E-state index contributed by atoms with van der Waals surface area (Å²) in [6, 6.07) is 0. The predicted molar refractivity (Wildman–Crippen MR) is 68.1 cm³/mol. The summed E-state index contributed by atoms with van der Waals surface area (Å²) >= 11 is 0. The Morgan fingerprint density at radius 3 is 1.74 bits per heavy atom. The van der Waals surface area contributed by atoms with Gasteiger partial charge in [0.05, 0.1) is 13.2 Å². The van der Waals surface area contributed by atoms with Crippen molar-refractivity contribution in [2.24, 2.45) is 0 Å². The molecule has 9 heteroatoms. The molecule has 0 radical (unpaired) electrons. The monoisotopic (exact) mass is 292 g/mol. The highest BCUT2D eigenvalue weighted by molar-refractivity contribution is 7.47. The average molecular weight is 292 g/mol. The molecule has 0 fully saturated rings. The van der Waals surface area contributed by atoms with E-state index < -0.39 is 19.6 Å². The molecular formula is C10H17N2O6P. The van der Waals surface area contributed by atoms with Crippen LogP contribution in [0.25, 0.3) is 0 Å². The van der Waals surface area contributed by atoms with Crippen molar-refractivity contribution in [2.45, 2.75) is 0 Å². The Bertz CT molecular complexity index is 352. The van der Waals surface area contributed by atoms with Crippen molar-refractivity contribution in [3.63, 3.8) is 0 Å². The number of phosphoric ester groups is 1. The fraction of sp³-hybridized carbons (Fsp3) is 0.400. The molecule has 3 N–H and O–H groups in total. The summed E-state index contributed by atoms with van der Waals surface area (Å²) in [6.07, 6.45) is 2.13. The molecule has 0 rings (SSSR count). The van der Waals surface area contributed by atoms with Crippen molar-refractivity contribution in [1.29, 1.82) is 0 Å². The fourth-order valence-corrected chi connectivity index (χ4v) is 1.57. The highest BCUT2D eigenvalue weighted by atomic mass is 31.2. The summed E-state index contributed by atoms with van der Waals surface area (Å²) in [5, 5.41) is 4.71. The van der Waals surface area contributed by atoms with Gasteiger partial charge in [0.15, 0.2) is 0 Å². The first-order chi connectivity index (χ1) is 8.91. The van der Waals surface area contributed by atoms with Gasteiger partial charge in [-0.05, 0) is 12.2 Å². The summed E-state index contributed by atoms with van der Waals surface area (Å²) in [5.41, 5.74) is 0. The topological polar surface area (TPSA) is 114 Å². The Hall–Kier alpha value is -1.47. The van der Waals surface area contributed by atoms with Crippen LogP contribution in [-0.4, -0.2) is 43.0 Å². The maximum atomic E-state index is 11.3. The van der Waals surface area contributed by atoms with Gasteiger partial charge in [-0.3, -0.25) is 18.6 Å². The first-order valence-electron chi connectivity index (χ1n) is 5.33. The van der Waals surface area contributed by atoms with Gasteiger partial charge in [-0.1, -0.05) is 13.2 Å². The predicted octanol–water partition coefficient (Wildman–Crippen LogP) is -0.276. The molecule has 0 saturated heterocycles. The first kappa shape index (κ1) is 17.5. The van der Waals surface area contributed by atoms with Crippen molar-refractivity contribution < 1.29 is 28.1 Å². The molecule has 0 heterocycles. The van der Waals surface area contributed by atoms with Gasteiger partial charge in [0, 0.05) is 13.1 Å². The smallest absolute Gasteiger partial charge is 0.350 e. The third-order valence-corrected chi connectivity index (χ3v) is 2.70. The summed E-state index contributed by atoms with van der Waals surface area (Å²) < 4.78 is 20.4. The van der Waals surface area contributed by atoms with E-state index in [1.807, 2.05) is 0 Å². The van der Waals surface area contributed by atoms with E-state index >= 15 is 0 Å². The summed E-state index contributed by atoms with van der Waals surface area (Å²) in [5.74, 6) is -0.825. The number of hydrogen-bond acceptors (Lipinski definition) is 5. The van der Waals surface area contributed by atoms with Crippen LogP contribution in [0.5, 0.6) is 0 Å². The lowest BCUT2D eigenvalue weighted by Crippen LogP contribution is -2.26. The van der Waals surface area contributed by atoms with E-state index in [2.05, 4.69) is 32.8 Å². The summed E-state index contributed by atoms with van der Waals surface area (Å²) in [4.78, 5) is 30.7. The van der Waals surface area contributed by atoms with Gasteiger partial charge in [-0.2, -0.15) is 0 Å². The van der Waals surface area contributed by atoms with Gasteiger partial charge in [-0.25, -0.2) is 4.57 Å². The molecular weight excluding hydrogens is 275 g/mol. The second kappa shape index (κ2) is 9.46. The molecule has 8 nitrogen and oxygen atoms in total. The summed E-state index contributed by atoms with van der Waals surface area (Å²) in [7, 11) is -4.18. The third kappa shape index (κ3) is 10.2. The van der Waals surface area contributed by atoms with Gasteiger partial charge in [0.2, 0.25) is 11.8 Å². The number of nitrogens with one attached hydrogen (secondary N) is 2. The molecule has 0 aromatic heterocycles. The van der Waals surface area contributed by atoms with Crippen molar-refractivity contribution in [1.82, 2.24) is 10.6 Å². The summed E-state index contributed by atoms with van der Waals surface area (Å²) in [6.45, 7) is 6.19. The van der Waals surface area contributed by atoms with Crippen LogP contribution in [0.15, 0.2) is 25.3 Å². The van der Waals surface area contributed by atoms with Crippen molar-refractivity contribution >= 4 is 19.6 Å². The van der Waals surface area contributed by atoms with E-state index in [-0.39, 0.29) is 26.3 Å². The molecule has 0 aliphatic heterocycles. The molecule has 0 aliphatic carbocycles. The largest absolute Gasteiger partial charge is 0.472 e. The standard InChI is InChI=1S/C10H17N2O6P/c1-3-9(13)11-5-7-17-19(15,16)18-8-6-12-10(14)4-2/h3-4H,1-2,5-8H2,(H,11,13)(H,12,14)(H,15,16). The van der Waals surface area contributed by atoms with Gasteiger partial charge < -0.3 is 15.5 Å². The molecule has 0 aromatic rings. The van der Waals surface area contributed by atoms with Gasteiger partial charge in [0.25, 0.3) is 0 Å². The molecule has 2 amide bonds. The zero-order valence-electron chi connectivity index (χ0n) is 10.3. The number of amides is 2. The Morgan fingerprint density at radius 1 is 1.05 bits per heavy atom. The van der Waals surface area contributed by atoms with E-state index in [1.54, 1.807) is 0 Å². The zero-order valence-corrected chi connectivity index (χ0v) is 11.2. The van der Waals surface area contributed by atoms with Crippen LogP contribution in [0.4, 0.5) is 0 Å². The van der Waals surface area contributed by atoms with Crippen LogP contribution in [0.1, 0.15) is 0 Å². The second-order valence-electron chi connectivity index (χ2n) is 3.13. The highest BCUT2D eigenvalue weighted by Crippen LogP contribution is 2.42. The highest BCUT2D eigenvalue weighted by Gasteiger charge is 2.20. The van der Waals surface area contributed by atoms with E-state index in [0.717, 1.165) is 12.2 Å². The minimum atomic E-state index is -4.18. The molecule has 0 bridgehead atoms. The lowest BCUT2D eigenvalue weighted by Gasteiger charge is -2.12. The molecule has 0 aliphatic rings. The van der Waals surface area contributed by atoms with Gasteiger partial charge in [-0.15, -0.1) is 0 Å². The molecule has 0 aromatic carbocycles. The number of carbonyl (C=O) groups is 2. The van der Waals surface area contributed by atoms with Gasteiger partial charge >= 0.3 is 7.82 Å². The van der Waals surface area contributed by atoms with Crippen LogP contribution in [0.3, 0.4) is 0 Å². The Labute approximate surface area is 111 Å². The Kier molecular flexibility index (Phi) is 8.73. The lowest BCUT2D eigenvalue weighted by atomic mass is 10.5. The maximum Gasteiger partial charge on any atom is 0.472 e. The van der Waals surface area contributed by atoms with Crippen molar-refractivity contribution in [3.8, 4) is 0 Å². The van der Waals surface area contributed by atoms with E-state index in [1.165, 1.54) is 0 Å². The number of phosphoric acid groups is 1. The van der Waals surface area contributed by atoms with E-state index in [9.17, 15) is 19.0 Å². The fourth-order valence-electron chi connectivity index (χ4n) is 0.852. The zero-order chi connectivity index (χ0) is 14.7. The van der Waals surface area contributed by atoms with Crippen LogP contribution < -0.4 is 10.6 Å². The second-order valence-corrected chi connectivity index (χ2v) is 4.58. The number of carbonyl (C=O) groups excluding carboxylic acids is 2. The van der Waals surface area contributed by atoms with Crippen LogP contribution in [0.2, 0.25) is 0 Å². The average Bonchev–Trinajstić information content (AvgIpc) is 2.39. The molecule has 0 atom stereocenters. The van der Waals surface area contributed by atoms with Crippen LogP contribution >= 0.6 is 7.82 Å². The Morgan fingerprint density at radius 2 is 1.42 bits per heavy atom. The van der Waals surface area contributed by atoms with E-state index in [0.29, 0.717) is 0 Å². The number of hydrogen-bond donors (Lipinski definition) is 3. The Balaban J connectivity index is 3.71. The maximum absolute atomic E-state index is 11.3. The minimum Gasteiger partial charge on any atom is -0.350 e. The first-order valence-corrected chi connectivity index (χ1v) is 6.83. The van der Waals surface area contributed by atoms with Crippen LogP contribution in [0, 0.1) is 0 Å². The third-order valence-electron chi connectivity index (χ3n) is 1.68. The molecule has 108 valence electrons. The molecule has 19 heavy (non-hydrogen) atoms. The minimum absolute atomic E-state index is 0.0476. The van der Waals surface area contributed by atoms with Gasteiger partial charge in [0.1, 0.15) is 0 Å². The normalized spacial score (nSPS) is 10.6. The van der Waals surface area contributed by atoms with Crippen molar-refractivity contribution in [3.05, 3.63) is 25.3 Å². The van der Waals surface area contributed by atoms with E-state index in [4.69, 9.17) is 0 Å². The van der Waals surface area contributed by atoms with Crippen LogP contribution in [-0.2, 0) is 23.2 Å².